The lowest BCUT2D eigenvalue weighted by molar-refractivity contribution is 0.357. The number of hydrogen-bond acceptors (Lipinski definition) is 2. The highest BCUT2D eigenvalue weighted by atomic mass is 79.9. The van der Waals surface area contributed by atoms with Crippen LogP contribution in [0.25, 0.3) is 0 Å². The largest absolute Gasteiger partial charge is 0.493 e. The smallest absolute Gasteiger partial charge is 0.122 e. The fraction of sp³-hybridized carbons (Fsp3) is 0.200. The summed E-state index contributed by atoms with van der Waals surface area (Å²) in [5.41, 5.74) is 3.62. The van der Waals surface area contributed by atoms with Crippen LogP contribution in [0.3, 0.4) is 0 Å². The van der Waals surface area contributed by atoms with Crippen LogP contribution in [0.5, 0.6) is 5.75 Å². The fourth-order valence-electron chi connectivity index (χ4n) is 2.25. The number of halogens is 3. The Hall–Kier alpha value is -0.520. The molecule has 5 heteroatoms. The van der Waals surface area contributed by atoms with E-state index in [0.717, 1.165) is 44.4 Å². The number of nitrogens with one attached hydrogen (secondary N) is 1. The number of anilines is 1. The van der Waals surface area contributed by atoms with Crippen LogP contribution < -0.4 is 10.1 Å². The van der Waals surface area contributed by atoms with Crippen LogP contribution in [0, 0.1) is 0 Å². The van der Waals surface area contributed by atoms with Gasteiger partial charge in [-0.1, -0.05) is 28.1 Å². The van der Waals surface area contributed by atoms with Gasteiger partial charge in [0.25, 0.3) is 0 Å². The minimum absolute atomic E-state index is 0.784. The van der Waals surface area contributed by atoms with E-state index in [1.165, 1.54) is 11.1 Å². The Morgan fingerprint density at radius 2 is 1.80 bits per heavy atom. The molecule has 1 aliphatic heterocycles. The second-order valence-corrected chi connectivity index (χ2v) is 7.26. The molecule has 1 heterocycles. The van der Waals surface area contributed by atoms with Crippen molar-refractivity contribution in [1.82, 2.24) is 0 Å². The average Bonchev–Trinajstić information content (AvgIpc) is 2.84. The summed E-state index contributed by atoms with van der Waals surface area (Å²) in [7, 11) is 0. The fourth-order valence-corrected chi connectivity index (χ4v) is 4.79. The van der Waals surface area contributed by atoms with Gasteiger partial charge in [0.1, 0.15) is 5.75 Å². The summed E-state index contributed by atoms with van der Waals surface area (Å²) < 4.78 is 8.63. The predicted molar refractivity (Wildman–Crippen MR) is 92.5 cm³/mol. The van der Waals surface area contributed by atoms with Crippen molar-refractivity contribution in [1.29, 1.82) is 0 Å². The zero-order chi connectivity index (χ0) is 14.1. The van der Waals surface area contributed by atoms with Gasteiger partial charge in [0.15, 0.2) is 0 Å². The molecule has 2 nitrogen and oxygen atoms in total. The van der Waals surface area contributed by atoms with Crippen LogP contribution in [0.2, 0.25) is 0 Å². The third-order valence-corrected chi connectivity index (χ3v) is 4.94. The molecule has 0 aliphatic carbocycles. The average molecular weight is 462 g/mol. The van der Waals surface area contributed by atoms with Crippen LogP contribution in [-0.2, 0) is 13.0 Å². The summed E-state index contributed by atoms with van der Waals surface area (Å²) in [4.78, 5) is 0. The first-order chi connectivity index (χ1) is 9.63. The van der Waals surface area contributed by atoms with Crippen LogP contribution in [0.1, 0.15) is 11.1 Å². The number of benzene rings is 2. The van der Waals surface area contributed by atoms with Gasteiger partial charge in [0.05, 0.1) is 12.3 Å². The van der Waals surface area contributed by atoms with Crippen LogP contribution >= 0.6 is 47.8 Å². The molecule has 2 aromatic rings. The van der Waals surface area contributed by atoms with Crippen LogP contribution in [0.4, 0.5) is 5.69 Å². The van der Waals surface area contributed by atoms with Crippen molar-refractivity contribution < 1.29 is 4.74 Å². The molecule has 0 unspecified atom stereocenters. The minimum atomic E-state index is 0.784. The van der Waals surface area contributed by atoms with E-state index in [2.05, 4.69) is 71.3 Å². The van der Waals surface area contributed by atoms with Crippen LogP contribution in [-0.4, -0.2) is 6.61 Å². The molecule has 0 bridgehead atoms. The van der Waals surface area contributed by atoms with E-state index in [1.54, 1.807) is 0 Å². The lowest BCUT2D eigenvalue weighted by Crippen LogP contribution is -2.01. The summed E-state index contributed by atoms with van der Waals surface area (Å²) >= 11 is 10.6. The lowest BCUT2D eigenvalue weighted by Gasteiger charge is -2.12. The van der Waals surface area contributed by atoms with Gasteiger partial charge in [-0.3, -0.25) is 0 Å². The van der Waals surface area contributed by atoms with Crippen molar-refractivity contribution in [2.45, 2.75) is 13.0 Å². The van der Waals surface area contributed by atoms with Gasteiger partial charge in [-0.2, -0.15) is 0 Å². The second-order valence-electron chi connectivity index (χ2n) is 4.64. The van der Waals surface area contributed by atoms with Gasteiger partial charge in [-0.25, -0.2) is 0 Å². The minimum Gasteiger partial charge on any atom is -0.493 e. The Morgan fingerprint density at radius 3 is 2.55 bits per heavy atom. The van der Waals surface area contributed by atoms with E-state index in [0.29, 0.717) is 0 Å². The molecule has 0 spiro atoms. The van der Waals surface area contributed by atoms with Crippen molar-refractivity contribution in [3.63, 3.8) is 0 Å². The molecule has 2 aromatic carbocycles. The predicted octanol–water partition coefficient (Wildman–Crippen LogP) is 5.52. The molecular formula is C15H12Br3NO. The Bertz CT molecular complexity index is 635. The Balaban J connectivity index is 1.77. The number of fused-ring (bicyclic) bond motifs is 1. The summed E-state index contributed by atoms with van der Waals surface area (Å²) in [6.45, 7) is 1.59. The number of ether oxygens (including phenoxy) is 1. The van der Waals surface area contributed by atoms with E-state index in [4.69, 9.17) is 4.74 Å². The van der Waals surface area contributed by atoms with Crippen molar-refractivity contribution in [3.05, 3.63) is 54.9 Å². The molecule has 20 heavy (non-hydrogen) atoms. The molecule has 104 valence electrons. The van der Waals surface area contributed by atoms with E-state index >= 15 is 0 Å². The zero-order valence-corrected chi connectivity index (χ0v) is 15.3. The molecule has 0 saturated heterocycles. The van der Waals surface area contributed by atoms with Crippen molar-refractivity contribution in [2.75, 3.05) is 11.9 Å². The zero-order valence-electron chi connectivity index (χ0n) is 10.6. The molecule has 0 fully saturated rings. The quantitative estimate of drug-likeness (QED) is 0.649. The monoisotopic (exact) mass is 459 g/mol. The molecule has 1 N–H and O–H groups in total. The third-order valence-electron chi connectivity index (χ3n) is 3.23. The highest BCUT2D eigenvalue weighted by Crippen LogP contribution is 2.35. The normalized spacial score (nSPS) is 12.9. The van der Waals surface area contributed by atoms with Crippen molar-refractivity contribution in [2.24, 2.45) is 0 Å². The molecular weight excluding hydrogens is 450 g/mol. The molecule has 0 saturated carbocycles. The second kappa shape index (κ2) is 6.08. The highest BCUT2D eigenvalue weighted by Gasteiger charge is 2.12. The molecule has 1 aliphatic rings. The van der Waals surface area contributed by atoms with Gasteiger partial charge in [0.2, 0.25) is 0 Å². The van der Waals surface area contributed by atoms with Crippen molar-refractivity contribution >= 4 is 53.5 Å². The van der Waals surface area contributed by atoms with E-state index in [9.17, 15) is 0 Å². The van der Waals surface area contributed by atoms with E-state index < -0.39 is 0 Å². The van der Waals surface area contributed by atoms with Gasteiger partial charge in [-0.15, -0.1) is 0 Å². The maximum atomic E-state index is 5.53. The van der Waals surface area contributed by atoms with Gasteiger partial charge in [0, 0.05) is 26.4 Å². The molecule has 0 atom stereocenters. The SMILES string of the molecule is Brc1cc(Br)c(NCc2ccc3c(c2)CCO3)c(Br)c1. The Kier molecular flexibility index (Phi) is 4.38. The molecule has 0 radical (unpaired) electrons. The Morgan fingerprint density at radius 1 is 1.05 bits per heavy atom. The first-order valence-corrected chi connectivity index (χ1v) is 8.64. The first-order valence-electron chi connectivity index (χ1n) is 6.26. The van der Waals surface area contributed by atoms with E-state index in [1.807, 2.05) is 12.1 Å². The summed E-state index contributed by atoms with van der Waals surface area (Å²) in [5, 5.41) is 3.46. The number of hydrogen-bond donors (Lipinski definition) is 1. The lowest BCUT2D eigenvalue weighted by atomic mass is 10.1. The molecule has 0 amide bonds. The maximum absolute atomic E-state index is 5.53. The standard InChI is InChI=1S/C15H12Br3NO/c16-11-6-12(17)15(13(18)7-11)19-8-9-1-2-14-10(5-9)3-4-20-14/h1-2,5-7,19H,3-4,8H2. The van der Waals surface area contributed by atoms with E-state index in [-0.39, 0.29) is 0 Å². The topological polar surface area (TPSA) is 21.3 Å². The summed E-state index contributed by atoms with van der Waals surface area (Å²) in [6.07, 6.45) is 1.01. The molecule has 3 rings (SSSR count). The molecule has 0 aromatic heterocycles. The van der Waals surface area contributed by atoms with Gasteiger partial charge < -0.3 is 10.1 Å². The van der Waals surface area contributed by atoms with Gasteiger partial charge in [-0.05, 0) is 61.2 Å². The highest BCUT2D eigenvalue weighted by molar-refractivity contribution is 9.11. The maximum Gasteiger partial charge on any atom is 0.122 e. The number of rotatable bonds is 3. The summed E-state index contributed by atoms with van der Waals surface area (Å²) in [5.74, 6) is 1.03. The van der Waals surface area contributed by atoms with Crippen molar-refractivity contribution in [3.8, 4) is 5.75 Å². The Labute approximate surface area is 143 Å². The van der Waals surface area contributed by atoms with Crippen LogP contribution in [0.15, 0.2) is 43.7 Å². The van der Waals surface area contributed by atoms with Gasteiger partial charge >= 0.3 is 0 Å². The third kappa shape index (κ3) is 3.05. The first kappa shape index (κ1) is 14.4. The summed E-state index contributed by atoms with van der Waals surface area (Å²) in [6, 6.07) is 10.5.